The molecule has 0 radical (unpaired) electrons. The Morgan fingerprint density at radius 3 is 2.26 bits per heavy atom. The molecule has 1 aliphatic rings. The maximum Gasteiger partial charge on any atom is 0.416 e. The number of hydrogen-bond acceptors (Lipinski definition) is 3. The number of alkyl halides is 3. The van der Waals surface area contributed by atoms with Crippen LogP contribution in [0.15, 0.2) is 72.8 Å². The highest BCUT2D eigenvalue weighted by Crippen LogP contribution is 2.38. The predicted octanol–water partition coefficient (Wildman–Crippen LogP) is 6.01. The van der Waals surface area contributed by atoms with Gasteiger partial charge in [-0.05, 0) is 66.2 Å². The van der Waals surface area contributed by atoms with E-state index in [2.05, 4.69) is 0 Å². The Bertz CT molecular complexity index is 1220. The molecule has 1 unspecified atom stereocenters. The van der Waals surface area contributed by atoms with Crippen molar-refractivity contribution in [2.24, 2.45) is 5.73 Å². The van der Waals surface area contributed by atoms with E-state index in [0.29, 0.717) is 27.8 Å². The molecule has 1 atom stereocenters. The summed E-state index contributed by atoms with van der Waals surface area (Å²) < 4.78 is 45.7. The summed E-state index contributed by atoms with van der Waals surface area (Å²) >= 11 is 5.89. The number of amides is 3. The molecule has 1 fully saturated rings. The Kier molecular flexibility index (Phi) is 6.88. The summed E-state index contributed by atoms with van der Waals surface area (Å²) in [6.45, 7) is 0.175. The number of halogens is 4. The van der Waals surface area contributed by atoms with Crippen LogP contribution in [0.5, 0.6) is 11.5 Å². The van der Waals surface area contributed by atoms with Crippen LogP contribution in [0.25, 0.3) is 0 Å². The van der Waals surface area contributed by atoms with E-state index in [9.17, 15) is 22.8 Å². The molecule has 3 aromatic carbocycles. The fraction of sp³-hybridized carbons (Fsp3) is 0.200. The van der Waals surface area contributed by atoms with Gasteiger partial charge in [0.2, 0.25) is 5.91 Å². The fourth-order valence-electron chi connectivity index (χ4n) is 3.87. The average molecular weight is 504 g/mol. The summed E-state index contributed by atoms with van der Waals surface area (Å²) in [5.74, 6) is 0.498. The van der Waals surface area contributed by atoms with Crippen molar-refractivity contribution in [3.05, 3.63) is 88.9 Å². The minimum Gasteiger partial charge on any atom is -0.457 e. The van der Waals surface area contributed by atoms with Crippen LogP contribution in [0.2, 0.25) is 5.02 Å². The summed E-state index contributed by atoms with van der Waals surface area (Å²) in [7, 11) is 0. The number of carbonyl (C=O) groups is 2. The lowest BCUT2D eigenvalue weighted by atomic mass is 10.0. The smallest absolute Gasteiger partial charge is 0.416 e. The van der Waals surface area contributed by atoms with E-state index in [0.717, 1.165) is 12.1 Å². The first-order chi connectivity index (χ1) is 16.6. The van der Waals surface area contributed by atoms with E-state index in [1.807, 2.05) is 0 Å². The number of nitrogens with two attached hydrogens (primary N) is 1. The summed E-state index contributed by atoms with van der Waals surface area (Å²) in [5.41, 5.74) is 5.23. The first-order valence-electron chi connectivity index (χ1n) is 10.7. The lowest BCUT2D eigenvalue weighted by Gasteiger charge is -2.24. The summed E-state index contributed by atoms with van der Waals surface area (Å²) in [6.07, 6.45) is -4.57. The number of nitrogens with zero attached hydrogens (tertiary/aromatic N) is 2. The molecule has 4 rings (SSSR count). The third-order valence-electron chi connectivity index (χ3n) is 5.57. The van der Waals surface area contributed by atoms with E-state index in [1.165, 1.54) is 15.9 Å². The second kappa shape index (κ2) is 9.87. The quantitative estimate of drug-likeness (QED) is 0.429. The lowest BCUT2D eigenvalue weighted by Crippen LogP contribution is -2.34. The molecule has 0 saturated carbocycles. The highest BCUT2D eigenvalue weighted by molar-refractivity contribution is 6.30. The number of ether oxygens (including phenoxy) is 1. The summed E-state index contributed by atoms with van der Waals surface area (Å²) in [6, 6.07) is 17.2. The largest absolute Gasteiger partial charge is 0.457 e. The number of primary amides is 1. The molecule has 1 aliphatic heterocycles. The van der Waals surface area contributed by atoms with Crippen LogP contribution in [-0.4, -0.2) is 29.9 Å². The first kappa shape index (κ1) is 24.4. The molecule has 0 spiro atoms. The van der Waals surface area contributed by atoms with Gasteiger partial charge in [-0.2, -0.15) is 13.2 Å². The highest BCUT2D eigenvalue weighted by Gasteiger charge is 2.40. The van der Waals surface area contributed by atoms with Gasteiger partial charge in [0, 0.05) is 30.2 Å². The maximum absolute atomic E-state index is 13.3. The Morgan fingerprint density at radius 2 is 1.66 bits per heavy atom. The van der Waals surface area contributed by atoms with Crippen LogP contribution in [0.4, 0.5) is 23.7 Å². The van der Waals surface area contributed by atoms with Crippen molar-refractivity contribution >= 4 is 29.2 Å². The first-order valence-corrected chi connectivity index (χ1v) is 11.1. The van der Waals surface area contributed by atoms with E-state index in [1.54, 1.807) is 54.6 Å². The van der Waals surface area contributed by atoms with Crippen LogP contribution in [-0.2, 0) is 11.0 Å². The summed E-state index contributed by atoms with van der Waals surface area (Å²) in [5, 5.41) is 0.571. The Hall–Kier alpha value is -3.72. The van der Waals surface area contributed by atoms with Crippen LogP contribution < -0.4 is 15.4 Å². The molecule has 35 heavy (non-hydrogen) atoms. The van der Waals surface area contributed by atoms with Crippen molar-refractivity contribution < 1.29 is 27.5 Å². The molecule has 0 aromatic heterocycles. The van der Waals surface area contributed by atoms with Gasteiger partial charge in [0.15, 0.2) is 0 Å². The fourth-order valence-corrected chi connectivity index (χ4v) is 3.99. The van der Waals surface area contributed by atoms with Crippen LogP contribution >= 0.6 is 11.6 Å². The summed E-state index contributed by atoms with van der Waals surface area (Å²) in [4.78, 5) is 27.3. The molecular weight excluding hydrogens is 483 g/mol. The second-order valence-corrected chi connectivity index (χ2v) is 8.44. The number of benzene rings is 3. The van der Waals surface area contributed by atoms with Crippen molar-refractivity contribution in [2.75, 3.05) is 18.0 Å². The number of hydrogen-bond donors (Lipinski definition) is 1. The van der Waals surface area contributed by atoms with Gasteiger partial charge in [0.1, 0.15) is 11.5 Å². The topological polar surface area (TPSA) is 75.9 Å². The SMILES string of the molecule is NC(=O)CCN1CC(c2cccc(C(F)(F)F)c2)N(c2ccc(Oc3ccc(Cl)cc3)cc2)C1=O. The molecule has 2 N–H and O–H groups in total. The van der Waals surface area contributed by atoms with Crippen molar-refractivity contribution in [1.29, 1.82) is 0 Å². The lowest BCUT2D eigenvalue weighted by molar-refractivity contribution is -0.137. The van der Waals surface area contributed by atoms with Crippen LogP contribution in [0, 0.1) is 0 Å². The third-order valence-corrected chi connectivity index (χ3v) is 5.82. The Morgan fingerprint density at radius 1 is 1.03 bits per heavy atom. The third kappa shape index (κ3) is 5.68. The van der Waals surface area contributed by atoms with Gasteiger partial charge < -0.3 is 15.4 Å². The number of carbonyl (C=O) groups excluding carboxylic acids is 2. The number of rotatable bonds is 7. The van der Waals surface area contributed by atoms with Crippen molar-refractivity contribution in [1.82, 2.24) is 4.90 Å². The average Bonchev–Trinajstić information content (AvgIpc) is 3.15. The zero-order valence-electron chi connectivity index (χ0n) is 18.3. The molecule has 10 heteroatoms. The molecule has 0 aliphatic carbocycles. The van der Waals surface area contributed by atoms with Crippen LogP contribution in [0.1, 0.15) is 23.6 Å². The van der Waals surface area contributed by atoms with Crippen LogP contribution in [0.3, 0.4) is 0 Å². The zero-order chi connectivity index (χ0) is 25.2. The Labute approximate surface area is 204 Å². The maximum atomic E-state index is 13.3. The van der Waals surface area contributed by atoms with Gasteiger partial charge >= 0.3 is 12.2 Å². The van der Waals surface area contributed by atoms with Gasteiger partial charge in [0.25, 0.3) is 0 Å². The van der Waals surface area contributed by atoms with Gasteiger partial charge in [-0.1, -0.05) is 23.7 Å². The van der Waals surface area contributed by atoms with E-state index in [-0.39, 0.29) is 19.5 Å². The van der Waals surface area contributed by atoms with Crippen molar-refractivity contribution in [3.63, 3.8) is 0 Å². The molecule has 1 saturated heterocycles. The van der Waals surface area contributed by atoms with Gasteiger partial charge in [-0.25, -0.2) is 4.79 Å². The molecule has 3 amide bonds. The normalized spacial score (nSPS) is 16.0. The monoisotopic (exact) mass is 503 g/mol. The predicted molar refractivity (Wildman–Crippen MR) is 125 cm³/mol. The van der Waals surface area contributed by atoms with Crippen molar-refractivity contribution in [2.45, 2.75) is 18.6 Å². The molecular formula is C25H21ClF3N3O3. The van der Waals surface area contributed by atoms with E-state index in [4.69, 9.17) is 22.1 Å². The molecule has 6 nitrogen and oxygen atoms in total. The number of anilines is 1. The second-order valence-electron chi connectivity index (χ2n) is 8.00. The molecule has 182 valence electrons. The zero-order valence-corrected chi connectivity index (χ0v) is 19.1. The standard InChI is InChI=1S/C25H21ClF3N3O3/c26-18-4-8-20(9-5-18)35-21-10-6-19(7-11-21)32-22(15-31(24(32)34)13-12-23(30)33)16-2-1-3-17(14-16)25(27,28)29/h1-11,14,22H,12-13,15H2,(H2,30,33). The number of urea groups is 1. The minimum atomic E-state index is -4.52. The van der Waals surface area contributed by atoms with Gasteiger partial charge in [0.05, 0.1) is 11.6 Å². The van der Waals surface area contributed by atoms with E-state index >= 15 is 0 Å². The van der Waals surface area contributed by atoms with E-state index < -0.39 is 29.7 Å². The van der Waals surface area contributed by atoms with Crippen molar-refractivity contribution in [3.8, 4) is 11.5 Å². The molecule has 0 bridgehead atoms. The highest BCUT2D eigenvalue weighted by atomic mass is 35.5. The van der Waals surface area contributed by atoms with Gasteiger partial charge in [-0.3, -0.25) is 9.69 Å². The Balaban J connectivity index is 1.63. The molecule has 1 heterocycles. The molecule has 3 aromatic rings. The minimum absolute atomic E-state index is 0.0528. The van der Waals surface area contributed by atoms with Gasteiger partial charge in [-0.15, -0.1) is 0 Å².